The SMILES string of the molecule is CCOC(=O)C1=CCCCC1S(=O)(=O)Nc1nccs1. The first-order valence-corrected chi connectivity index (χ1v) is 8.75. The van der Waals surface area contributed by atoms with Crippen molar-refractivity contribution in [3.05, 3.63) is 23.2 Å². The van der Waals surface area contributed by atoms with E-state index in [1.165, 1.54) is 17.5 Å². The van der Waals surface area contributed by atoms with Crippen LogP contribution in [-0.4, -0.2) is 31.2 Å². The van der Waals surface area contributed by atoms with Crippen LogP contribution in [0, 0.1) is 0 Å². The third kappa shape index (κ3) is 3.37. The summed E-state index contributed by atoms with van der Waals surface area (Å²) in [6.45, 7) is 1.92. The molecular formula is C12H16N2O4S2. The third-order valence-electron chi connectivity index (χ3n) is 2.93. The summed E-state index contributed by atoms with van der Waals surface area (Å²) < 4.78 is 32.1. The van der Waals surface area contributed by atoms with Crippen LogP contribution >= 0.6 is 11.3 Å². The van der Waals surface area contributed by atoms with Crippen LogP contribution in [0.25, 0.3) is 0 Å². The number of sulfonamides is 1. The molecule has 0 spiro atoms. The molecule has 0 aromatic carbocycles. The molecule has 0 saturated carbocycles. The van der Waals surface area contributed by atoms with Gasteiger partial charge in [-0.15, -0.1) is 11.3 Å². The zero-order chi connectivity index (χ0) is 14.6. The molecule has 20 heavy (non-hydrogen) atoms. The van der Waals surface area contributed by atoms with Gasteiger partial charge < -0.3 is 4.74 Å². The highest BCUT2D eigenvalue weighted by Gasteiger charge is 2.35. The van der Waals surface area contributed by atoms with Gasteiger partial charge in [-0.3, -0.25) is 4.72 Å². The van der Waals surface area contributed by atoms with E-state index in [9.17, 15) is 13.2 Å². The van der Waals surface area contributed by atoms with Gasteiger partial charge in [-0.05, 0) is 26.2 Å². The second kappa shape index (κ2) is 6.36. The van der Waals surface area contributed by atoms with Crippen LogP contribution < -0.4 is 4.72 Å². The Morgan fingerprint density at radius 3 is 3.05 bits per heavy atom. The zero-order valence-corrected chi connectivity index (χ0v) is 12.7. The fourth-order valence-electron chi connectivity index (χ4n) is 2.07. The minimum Gasteiger partial charge on any atom is -0.463 e. The molecule has 1 unspecified atom stereocenters. The van der Waals surface area contributed by atoms with Gasteiger partial charge in [-0.25, -0.2) is 18.2 Å². The number of aromatic nitrogens is 1. The predicted molar refractivity (Wildman–Crippen MR) is 77.0 cm³/mol. The molecule has 1 atom stereocenters. The number of ether oxygens (including phenoxy) is 1. The van der Waals surface area contributed by atoms with Crippen molar-refractivity contribution in [3.63, 3.8) is 0 Å². The summed E-state index contributed by atoms with van der Waals surface area (Å²) in [4.78, 5) is 15.8. The van der Waals surface area contributed by atoms with Gasteiger partial charge in [0.2, 0.25) is 10.0 Å². The van der Waals surface area contributed by atoms with Crippen molar-refractivity contribution in [2.45, 2.75) is 31.4 Å². The first-order chi connectivity index (χ1) is 9.54. The fourth-order valence-corrected chi connectivity index (χ4v) is 4.42. The van der Waals surface area contributed by atoms with E-state index >= 15 is 0 Å². The summed E-state index contributed by atoms with van der Waals surface area (Å²) in [7, 11) is -3.69. The lowest BCUT2D eigenvalue weighted by molar-refractivity contribution is -0.138. The molecule has 0 aliphatic heterocycles. The van der Waals surface area contributed by atoms with Crippen LogP contribution in [0.5, 0.6) is 0 Å². The number of esters is 1. The normalized spacial score (nSPS) is 19.2. The van der Waals surface area contributed by atoms with Crippen LogP contribution in [0.1, 0.15) is 26.2 Å². The molecule has 1 aromatic heterocycles. The third-order valence-corrected chi connectivity index (χ3v) is 5.46. The minimum absolute atomic E-state index is 0.224. The molecule has 1 aliphatic rings. The first-order valence-electron chi connectivity index (χ1n) is 6.33. The maximum atomic E-state index is 12.4. The lowest BCUT2D eigenvalue weighted by Gasteiger charge is -2.23. The van der Waals surface area contributed by atoms with Crippen LogP contribution in [-0.2, 0) is 19.6 Å². The largest absolute Gasteiger partial charge is 0.463 e. The van der Waals surface area contributed by atoms with E-state index in [4.69, 9.17) is 4.74 Å². The van der Waals surface area contributed by atoms with Crippen molar-refractivity contribution in [1.82, 2.24) is 4.98 Å². The van der Waals surface area contributed by atoms with Crippen LogP contribution in [0.2, 0.25) is 0 Å². The topological polar surface area (TPSA) is 85.4 Å². The number of nitrogens with zero attached hydrogens (tertiary/aromatic N) is 1. The summed E-state index contributed by atoms with van der Waals surface area (Å²) in [6, 6.07) is 0. The van der Waals surface area contributed by atoms with Gasteiger partial charge in [0.05, 0.1) is 12.2 Å². The monoisotopic (exact) mass is 316 g/mol. The molecule has 1 N–H and O–H groups in total. The van der Waals surface area contributed by atoms with Gasteiger partial charge >= 0.3 is 5.97 Å². The molecule has 2 rings (SSSR count). The highest BCUT2D eigenvalue weighted by atomic mass is 32.2. The quantitative estimate of drug-likeness (QED) is 0.839. The van der Waals surface area contributed by atoms with Crippen molar-refractivity contribution in [3.8, 4) is 0 Å². The van der Waals surface area contributed by atoms with Crippen molar-refractivity contribution in [2.24, 2.45) is 0 Å². The maximum Gasteiger partial charge on any atom is 0.335 e. The number of hydrogen-bond donors (Lipinski definition) is 1. The Morgan fingerprint density at radius 2 is 2.40 bits per heavy atom. The van der Waals surface area contributed by atoms with E-state index in [-0.39, 0.29) is 12.2 Å². The van der Waals surface area contributed by atoms with Crippen LogP contribution in [0.4, 0.5) is 5.13 Å². The molecule has 6 nitrogen and oxygen atoms in total. The van der Waals surface area contributed by atoms with E-state index in [2.05, 4.69) is 9.71 Å². The summed E-state index contributed by atoms with van der Waals surface area (Å²) in [6.07, 6.45) is 5.01. The number of thiazole rings is 1. The summed E-state index contributed by atoms with van der Waals surface area (Å²) in [5.74, 6) is -0.554. The van der Waals surface area contributed by atoms with E-state index in [0.29, 0.717) is 18.0 Å². The molecule has 1 aliphatic carbocycles. The maximum absolute atomic E-state index is 12.4. The van der Waals surface area contributed by atoms with Crippen molar-refractivity contribution < 1.29 is 17.9 Å². The number of rotatable bonds is 5. The lowest BCUT2D eigenvalue weighted by atomic mass is 9.99. The second-order valence-electron chi connectivity index (χ2n) is 4.28. The molecule has 110 valence electrons. The van der Waals surface area contributed by atoms with E-state index < -0.39 is 21.2 Å². The molecule has 0 bridgehead atoms. The smallest absolute Gasteiger partial charge is 0.335 e. The highest BCUT2D eigenvalue weighted by Crippen LogP contribution is 2.27. The Labute approximate surface area is 121 Å². The number of anilines is 1. The number of carbonyl (C=O) groups excluding carboxylic acids is 1. The fraction of sp³-hybridized carbons (Fsp3) is 0.500. The number of carbonyl (C=O) groups is 1. The molecular weight excluding hydrogens is 300 g/mol. The molecule has 1 aromatic rings. The van der Waals surface area contributed by atoms with Gasteiger partial charge in [-0.1, -0.05) is 6.08 Å². The Balaban J connectivity index is 2.22. The Hall–Kier alpha value is -1.41. The molecule has 0 amide bonds. The molecule has 0 saturated heterocycles. The van der Waals surface area contributed by atoms with Gasteiger partial charge in [0, 0.05) is 11.6 Å². The standard InChI is InChI=1S/C12H16N2O4S2/c1-2-18-11(15)9-5-3-4-6-10(9)20(16,17)14-12-13-7-8-19-12/h5,7-8,10H,2-4,6H2,1H3,(H,13,14). The number of hydrogen-bond acceptors (Lipinski definition) is 6. The predicted octanol–water partition coefficient (Wildman–Crippen LogP) is 1.93. The van der Waals surface area contributed by atoms with Crippen molar-refractivity contribution >= 4 is 32.5 Å². The summed E-state index contributed by atoms with van der Waals surface area (Å²) >= 11 is 1.20. The zero-order valence-electron chi connectivity index (χ0n) is 11.0. The van der Waals surface area contributed by atoms with Crippen molar-refractivity contribution in [1.29, 1.82) is 0 Å². The van der Waals surface area contributed by atoms with Crippen molar-refractivity contribution in [2.75, 3.05) is 11.3 Å². The molecule has 8 heteroatoms. The Bertz CT molecular complexity index is 593. The minimum atomic E-state index is -3.69. The Morgan fingerprint density at radius 1 is 1.60 bits per heavy atom. The lowest BCUT2D eigenvalue weighted by Crippen LogP contribution is -2.34. The highest BCUT2D eigenvalue weighted by molar-refractivity contribution is 7.93. The Kier molecular flexibility index (Phi) is 4.77. The average molecular weight is 316 g/mol. The molecule has 1 heterocycles. The van der Waals surface area contributed by atoms with Crippen LogP contribution in [0.3, 0.4) is 0 Å². The summed E-state index contributed by atoms with van der Waals surface area (Å²) in [5.41, 5.74) is 0.224. The van der Waals surface area contributed by atoms with Crippen LogP contribution in [0.15, 0.2) is 23.2 Å². The van der Waals surface area contributed by atoms with Gasteiger partial charge in [0.25, 0.3) is 0 Å². The average Bonchev–Trinajstić information content (AvgIpc) is 2.91. The van der Waals surface area contributed by atoms with Gasteiger partial charge in [-0.2, -0.15) is 0 Å². The molecule has 0 fully saturated rings. The first kappa shape index (κ1) is 15.0. The number of allylic oxidation sites excluding steroid dienone is 1. The molecule has 0 radical (unpaired) electrons. The summed E-state index contributed by atoms with van der Waals surface area (Å²) in [5, 5.41) is 1.11. The number of nitrogens with one attached hydrogen (secondary N) is 1. The van der Waals surface area contributed by atoms with Gasteiger partial charge in [0.15, 0.2) is 5.13 Å². The van der Waals surface area contributed by atoms with E-state index in [1.54, 1.807) is 18.4 Å². The van der Waals surface area contributed by atoms with Gasteiger partial charge in [0.1, 0.15) is 5.25 Å². The van der Waals surface area contributed by atoms with E-state index in [1.807, 2.05) is 0 Å². The second-order valence-corrected chi connectivity index (χ2v) is 7.04. The van der Waals surface area contributed by atoms with E-state index in [0.717, 1.165) is 6.42 Å².